The van der Waals surface area contributed by atoms with Gasteiger partial charge in [-0.1, -0.05) is 24.3 Å². The molecule has 0 saturated heterocycles. The highest BCUT2D eigenvalue weighted by molar-refractivity contribution is 6.33. The quantitative estimate of drug-likeness (QED) is 0.712. The standard InChI is InChI=1S/C17H11ClF3NO5/c1-4-7-5-8(14(24-2)15-13(7)26-17(20,21)27-15)11-10(19)6-9(18)12(22-11)16(23)25-3/h4-6H,1H2,2-3H3. The Hall–Kier alpha value is -2.94. The minimum atomic E-state index is -3.94. The van der Waals surface area contributed by atoms with Crippen LogP contribution in [-0.4, -0.2) is 31.5 Å². The van der Waals surface area contributed by atoms with E-state index < -0.39 is 23.8 Å². The van der Waals surface area contributed by atoms with Crippen molar-refractivity contribution in [2.45, 2.75) is 6.29 Å². The molecule has 0 radical (unpaired) electrons. The minimum absolute atomic E-state index is 0.0771. The van der Waals surface area contributed by atoms with Crippen molar-refractivity contribution in [2.75, 3.05) is 14.2 Å². The Bertz CT molecular complexity index is 964. The highest BCUT2D eigenvalue weighted by Crippen LogP contribution is 2.53. The van der Waals surface area contributed by atoms with E-state index in [0.717, 1.165) is 13.2 Å². The lowest BCUT2D eigenvalue weighted by Gasteiger charge is -2.14. The molecule has 3 rings (SSSR count). The number of fused-ring (bicyclic) bond motifs is 1. The number of esters is 1. The monoisotopic (exact) mass is 401 g/mol. The summed E-state index contributed by atoms with van der Waals surface area (Å²) in [4.78, 5) is 15.7. The van der Waals surface area contributed by atoms with Crippen LogP contribution in [0.3, 0.4) is 0 Å². The molecule has 0 atom stereocenters. The molecular formula is C17H11ClF3NO5. The third-order valence-corrected chi connectivity index (χ3v) is 3.94. The van der Waals surface area contributed by atoms with Crippen molar-refractivity contribution < 1.29 is 36.9 Å². The summed E-state index contributed by atoms with van der Waals surface area (Å²) < 4.78 is 60.3. The van der Waals surface area contributed by atoms with Crippen LogP contribution in [0.2, 0.25) is 5.02 Å². The van der Waals surface area contributed by atoms with Crippen LogP contribution in [0, 0.1) is 5.82 Å². The van der Waals surface area contributed by atoms with E-state index in [-0.39, 0.29) is 39.0 Å². The molecule has 2 aromatic rings. The maximum atomic E-state index is 14.5. The first-order chi connectivity index (χ1) is 12.7. The fourth-order valence-electron chi connectivity index (χ4n) is 2.53. The number of pyridine rings is 1. The Balaban J connectivity index is 2.30. The number of halogens is 4. The maximum absolute atomic E-state index is 14.5. The van der Waals surface area contributed by atoms with Gasteiger partial charge in [-0.25, -0.2) is 14.2 Å². The van der Waals surface area contributed by atoms with E-state index in [1.807, 2.05) is 0 Å². The third kappa shape index (κ3) is 3.14. The first-order valence-electron chi connectivity index (χ1n) is 7.30. The Morgan fingerprint density at radius 3 is 2.56 bits per heavy atom. The number of alkyl halides is 2. The first kappa shape index (κ1) is 18.8. The van der Waals surface area contributed by atoms with Gasteiger partial charge in [0.1, 0.15) is 5.69 Å². The van der Waals surface area contributed by atoms with E-state index >= 15 is 0 Å². The Kier molecular flexibility index (Phi) is 4.64. The van der Waals surface area contributed by atoms with E-state index in [0.29, 0.717) is 0 Å². The summed E-state index contributed by atoms with van der Waals surface area (Å²) in [6.07, 6.45) is -2.73. The SMILES string of the molecule is C=Cc1cc(-c2nc(C(=O)OC)c(Cl)cc2F)c(OC)c2c1OC(F)(F)O2. The van der Waals surface area contributed by atoms with Crippen molar-refractivity contribution in [3.63, 3.8) is 0 Å². The highest BCUT2D eigenvalue weighted by atomic mass is 35.5. The zero-order valence-corrected chi connectivity index (χ0v) is 14.7. The Morgan fingerprint density at radius 2 is 1.96 bits per heavy atom. The molecule has 27 heavy (non-hydrogen) atoms. The van der Waals surface area contributed by atoms with Gasteiger partial charge in [-0.2, -0.15) is 0 Å². The number of hydrogen-bond donors (Lipinski definition) is 0. The smallest absolute Gasteiger partial charge is 0.492 e. The van der Waals surface area contributed by atoms with Crippen LogP contribution in [0.1, 0.15) is 16.1 Å². The maximum Gasteiger partial charge on any atom is 0.586 e. The van der Waals surface area contributed by atoms with Gasteiger partial charge < -0.3 is 18.9 Å². The molecule has 0 bridgehead atoms. The molecule has 0 unspecified atom stereocenters. The van der Waals surface area contributed by atoms with Crippen LogP contribution in [0.4, 0.5) is 13.2 Å². The average Bonchev–Trinajstić information content (AvgIpc) is 2.94. The summed E-state index contributed by atoms with van der Waals surface area (Å²) in [5.41, 5.74) is -0.748. The van der Waals surface area contributed by atoms with E-state index in [4.69, 9.17) is 16.3 Å². The van der Waals surface area contributed by atoms with Gasteiger partial charge in [0.05, 0.1) is 24.8 Å². The fourth-order valence-corrected chi connectivity index (χ4v) is 2.74. The van der Waals surface area contributed by atoms with Crippen molar-refractivity contribution >= 4 is 23.6 Å². The van der Waals surface area contributed by atoms with Gasteiger partial charge in [-0.05, 0) is 12.1 Å². The summed E-state index contributed by atoms with van der Waals surface area (Å²) in [6.45, 7) is 3.51. The van der Waals surface area contributed by atoms with Gasteiger partial charge >= 0.3 is 12.3 Å². The molecule has 1 aromatic heterocycles. The van der Waals surface area contributed by atoms with Crippen LogP contribution >= 0.6 is 11.6 Å². The van der Waals surface area contributed by atoms with Gasteiger partial charge in [0, 0.05) is 5.56 Å². The van der Waals surface area contributed by atoms with E-state index in [9.17, 15) is 18.0 Å². The third-order valence-electron chi connectivity index (χ3n) is 3.65. The number of carbonyl (C=O) groups is 1. The first-order valence-corrected chi connectivity index (χ1v) is 7.68. The molecule has 0 amide bonds. The molecule has 0 saturated carbocycles. The van der Waals surface area contributed by atoms with Crippen LogP contribution in [0.25, 0.3) is 17.3 Å². The van der Waals surface area contributed by atoms with E-state index in [1.54, 1.807) is 0 Å². The summed E-state index contributed by atoms with van der Waals surface area (Å²) in [5.74, 6) is -2.87. The lowest BCUT2D eigenvalue weighted by Crippen LogP contribution is -2.26. The number of ether oxygens (including phenoxy) is 4. The summed E-state index contributed by atoms with van der Waals surface area (Å²) in [6, 6.07) is 2.11. The number of carbonyl (C=O) groups excluding carboxylic acids is 1. The molecule has 1 aromatic carbocycles. The predicted molar refractivity (Wildman–Crippen MR) is 88.8 cm³/mol. The molecule has 6 nitrogen and oxygen atoms in total. The Morgan fingerprint density at radius 1 is 1.30 bits per heavy atom. The van der Waals surface area contributed by atoms with Crippen LogP contribution in [0.5, 0.6) is 17.2 Å². The van der Waals surface area contributed by atoms with Crippen LogP contribution in [0.15, 0.2) is 18.7 Å². The van der Waals surface area contributed by atoms with Crippen LogP contribution < -0.4 is 14.2 Å². The van der Waals surface area contributed by atoms with Crippen molar-refractivity contribution in [2.24, 2.45) is 0 Å². The minimum Gasteiger partial charge on any atom is -0.492 e. The Labute approximate surface area is 156 Å². The number of nitrogens with zero attached hydrogens (tertiary/aromatic N) is 1. The number of hydrogen-bond acceptors (Lipinski definition) is 6. The molecule has 0 aliphatic carbocycles. The normalized spacial score (nSPS) is 14.0. The van der Waals surface area contributed by atoms with E-state index in [2.05, 4.69) is 25.8 Å². The number of methoxy groups -OCH3 is 2. The van der Waals surface area contributed by atoms with E-state index in [1.165, 1.54) is 19.3 Å². The second-order valence-corrected chi connectivity index (χ2v) is 5.62. The second-order valence-electron chi connectivity index (χ2n) is 5.22. The van der Waals surface area contributed by atoms with Crippen molar-refractivity contribution in [1.82, 2.24) is 4.98 Å². The van der Waals surface area contributed by atoms with Gasteiger partial charge in [0.15, 0.2) is 23.0 Å². The molecule has 142 valence electrons. The molecule has 2 heterocycles. The van der Waals surface area contributed by atoms with Crippen molar-refractivity contribution in [1.29, 1.82) is 0 Å². The summed E-state index contributed by atoms with van der Waals surface area (Å²) in [7, 11) is 2.27. The molecule has 0 fully saturated rings. The average molecular weight is 402 g/mol. The van der Waals surface area contributed by atoms with Gasteiger partial charge in [-0.15, -0.1) is 8.78 Å². The summed E-state index contributed by atoms with van der Waals surface area (Å²) >= 11 is 5.83. The largest absolute Gasteiger partial charge is 0.586 e. The lowest BCUT2D eigenvalue weighted by atomic mass is 10.0. The molecule has 0 N–H and O–H groups in total. The van der Waals surface area contributed by atoms with Crippen molar-refractivity contribution in [3.8, 4) is 28.5 Å². The van der Waals surface area contributed by atoms with Crippen LogP contribution in [-0.2, 0) is 4.74 Å². The zero-order valence-electron chi connectivity index (χ0n) is 13.9. The molecule has 0 spiro atoms. The predicted octanol–water partition coefficient (Wildman–Crippen LogP) is 4.30. The number of aromatic nitrogens is 1. The topological polar surface area (TPSA) is 66.9 Å². The molecule has 10 heteroatoms. The van der Waals surface area contributed by atoms with Gasteiger partial charge in [0.2, 0.25) is 5.75 Å². The van der Waals surface area contributed by atoms with Gasteiger partial charge in [-0.3, -0.25) is 0 Å². The molecule has 1 aliphatic rings. The molecule has 1 aliphatic heterocycles. The van der Waals surface area contributed by atoms with Gasteiger partial charge in [0.25, 0.3) is 0 Å². The fraction of sp³-hybridized carbons (Fsp3) is 0.176. The lowest BCUT2D eigenvalue weighted by molar-refractivity contribution is -0.287. The number of benzene rings is 1. The van der Waals surface area contributed by atoms with Crippen molar-refractivity contribution in [3.05, 3.63) is 40.8 Å². The number of rotatable bonds is 4. The second kappa shape index (κ2) is 6.66. The summed E-state index contributed by atoms with van der Waals surface area (Å²) in [5, 5.41) is -0.279. The highest BCUT2D eigenvalue weighted by Gasteiger charge is 2.47. The zero-order chi connectivity index (χ0) is 19.9. The molecular weight excluding hydrogens is 391 g/mol.